The van der Waals surface area contributed by atoms with Gasteiger partial charge in [0.25, 0.3) is 0 Å². The van der Waals surface area contributed by atoms with E-state index >= 15 is 0 Å². The number of esters is 1. The summed E-state index contributed by atoms with van der Waals surface area (Å²) in [6.07, 6.45) is 4.38. The number of carbonyl (C=O) groups is 1. The lowest BCUT2D eigenvalue weighted by Crippen LogP contribution is -2.28. The number of ether oxygens (including phenoxy) is 2. The number of benzene rings is 1. The predicted octanol–water partition coefficient (Wildman–Crippen LogP) is 3.20. The molecule has 0 spiro atoms. The zero-order valence-corrected chi connectivity index (χ0v) is 11.6. The Bertz CT molecular complexity index is 462. The standard InChI is InChI=1S/C16H20O3/c1-12(17)18-14-9-10-15(11-14)19-16(2,3)13-7-5-4-6-8-13/h4-10,14-15H,11H2,1-3H3/t14-,15+/m0/s1. The molecule has 19 heavy (non-hydrogen) atoms. The molecule has 2 rings (SSSR count). The Morgan fingerprint density at radius 1 is 1.16 bits per heavy atom. The molecule has 1 aromatic carbocycles. The molecule has 1 aromatic rings. The molecule has 0 aliphatic heterocycles. The Labute approximate surface area is 114 Å². The molecule has 0 bridgehead atoms. The SMILES string of the molecule is CC(=O)O[C@H]1C=C[C@@H](OC(C)(C)c2ccccc2)C1. The van der Waals surface area contributed by atoms with E-state index in [4.69, 9.17) is 9.47 Å². The first kappa shape index (κ1) is 13.8. The van der Waals surface area contributed by atoms with Crippen LogP contribution in [0.5, 0.6) is 0 Å². The molecule has 1 aliphatic rings. The number of hydrogen-bond donors (Lipinski definition) is 0. The molecule has 0 saturated heterocycles. The molecule has 0 saturated carbocycles. The third-order valence-corrected chi connectivity index (χ3v) is 3.24. The van der Waals surface area contributed by atoms with Crippen LogP contribution in [-0.4, -0.2) is 18.2 Å². The fourth-order valence-corrected chi connectivity index (χ4v) is 2.31. The van der Waals surface area contributed by atoms with Crippen molar-refractivity contribution in [2.24, 2.45) is 0 Å². The minimum Gasteiger partial charge on any atom is -0.458 e. The van der Waals surface area contributed by atoms with Crippen molar-refractivity contribution in [2.75, 3.05) is 0 Å². The minimum absolute atomic E-state index is 0.0143. The van der Waals surface area contributed by atoms with Crippen molar-refractivity contribution in [3.8, 4) is 0 Å². The molecule has 102 valence electrons. The lowest BCUT2D eigenvalue weighted by atomic mass is 9.98. The van der Waals surface area contributed by atoms with Gasteiger partial charge in [-0.3, -0.25) is 4.79 Å². The molecule has 0 fully saturated rings. The summed E-state index contributed by atoms with van der Waals surface area (Å²) in [5, 5.41) is 0. The van der Waals surface area contributed by atoms with Crippen molar-refractivity contribution < 1.29 is 14.3 Å². The summed E-state index contributed by atoms with van der Waals surface area (Å²) in [6, 6.07) is 10.1. The molecule has 3 heteroatoms. The first-order valence-electron chi connectivity index (χ1n) is 6.56. The lowest BCUT2D eigenvalue weighted by Gasteiger charge is -2.29. The zero-order valence-electron chi connectivity index (χ0n) is 11.6. The van der Waals surface area contributed by atoms with Crippen molar-refractivity contribution in [3.05, 3.63) is 48.0 Å². The van der Waals surface area contributed by atoms with Crippen molar-refractivity contribution in [2.45, 2.75) is 45.0 Å². The Morgan fingerprint density at radius 3 is 2.42 bits per heavy atom. The van der Waals surface area contributed by atoms with Crippen molar-refractivity contribution in [1.82, 2.24) is 0 Å². The fourth-order valence-electron chi connectivity index (χ4n) is 2.31. The maximum Gasteiger partial charge on any atom is 0.303 e. The summed E-state index contributed by atoms with van der Waals surface area (Å²) >= 11 is 0. The Balaban J connectivity index is 1.96. The molecular weight excluding hydrogens is 240 g/mol. The van der Waals surface area contributed by atoms with Crippen LogP contribution in [0.3, 0.4) is 0 Å². The summed E-state index contributed by atoms with van der Waals surface area (Å²) in [7, 11) is 0. The van der Waals surface area contributed by atoms with Gasteiger partial charge in [-0.25, -0.2) is 0 Å². The van der Waals surface area contributed by atoms with Crippen LogP contribution in [0.2, 0.25) is 0 Å². The highest BCUT2D eigenvalue weighted by Gasteiger charge is 2.29. The van der Waals surface area contributed by atoms with Gasteiger partial charge in [-0.1, -0.05) is 36.4 Å². The molecule has 0 unspecified atom stereocenters. The van der Waals surface area contributed by atoms with Gasteiger partial charge in [0.2, 0.25) is 0 Å². The van der Waals surface area contributed by atoms with E-state index < -0.39 is 0 Å². The van der Waals surface area contributed by atoms with E-state index in [1.54, 1.807) is 0 Å². The Kier molecular flexibility index (Phi) is 4.05. The number of hydrogen-bond acceptors (Lipinski definition) is 3. The van der Waals surface area contributed by atoms with Crippen LogP contribution in [0, 0.1) is 0 Å². The first-order chi connectivity index (χ1) is 8.97. The van der Waals surface area contributed by atoms with Crippen LogP contribution in [0.4, 0.5) is 0 Å². The molecule has 0 N–H and O–H groups in total. The van der Waals surface area contributed by atoms with Crippen LogP contribution in [0.15, 0.2) is 42.5 Å². The van der Waals surface area contributed by atoms with Crippen LogP contribution in [0.1, 0.15) is 32.8 Å². The monoisotopic (exact) mass is 260 g/mol. The van der Waals surface area contributed by atoms with Gasteiger partial charge in [0.15, 0.2) is 0 Å². The lowest BCUT2D eigenvalue weighted by molar-refractivity contribution is -0.145. The van der Waals surface area contributed by atoms with Crippen LogP contribution < -0.4 is 0 Å². The number of rotatable bonds is 4. The number of carbonyl (C=O) groups excluding carboxylic acids is 1. The Morgan fingerprint density at radius 2 is 1.79 bits per heavy atom. The summed E-state index contributed by atoms with van der Waals surface area (Å²) in [5.41, 5.74) is 0.779. The van der Waals surface area contributed by atoms with Crippen LogP contribution >= 0.6 is 0 Å². The average molecular weight is 260 g/mol. The second kappa shape index (κ2) is 5.57. The second-order valence-electron chi connectivity index (χ2n) is 5.30. The van der Waals surface area contributed by atoms with E-state index in [1.165, 1.54) is 6.92 Å². The van der Waals surface area contributed by atoms with E-state index in [0.29, 0.717) is 6.42 Å². The predicted molar refractivity (Wildman–Crippen MR) is 73.7 cm³/mol. The summed E-state index contributed by atoms with van der Waals surface area (Å²) in [4.78, 5) is 10.9. The van der Waals surface area contributed by atoms with E-state index in [2.05, 4.69) is 26.0 Å². The third kappa shape index (κ3) is 3.67. The normalized spacial score (nSPS) is 22.5. The molecule has 3 nitrogen and oxygen atoms in total. The van der Waals surface area contributed by atoms with Gasteiger partial charge in [0, 0.05) is 13.3 Å². The van der Waals surface area contributed by atoms with E-state index in [9.17, 15) is 4.79 Å². The highest BCUT2D eigenvalue weighted by Crippen LogP contribution is 2.30. The zero-order chi connectivity index (χ0) is 13.9. The van der Waals surface area contributed by atoms with Gasteiger partial charge in [-0.2, -0.15) is 0 Å². The molecule has 2 atom stereocenters. The molecule has 0 heterocycles. The topological polar surface area (TPSA) is 35.5 Å². The van der Waals surface area contributed by atoms with Crippen molar-refractivity contribution in [1.29, 1.82) is 0 Å². The molecule has 0 aromatic heterocycles. The van der Waals surface area contributed by atoms with Crippen molar-refractivity contribution in [3.63, 3.8) is 0 Å². The smallest absolute Gasteiger partial charge is 0.303 e. The third-order valence-electron chi connectivity index (χ3n) is 3.24. The first-order valence-corrected chi connectivity index (χ1v) is 6.56. The maximum absolute atomic E-state index is 10.9. The summed E-state index contributed by atoms with van der Waals surface area (Å²) in [6.45, 7) is 5.53. The highest BCUT2D eigenvalue weighted by molar-refractivity contribution is 5.66. The average Bonchev–Trinajstić information content (AvgIpc) is 2.76. The quantitative estimate of drug-likeness (QED) is 0.616. The maximum atomic E-state index is 10.9. The van der Waals surface area contributed by atoms with E-state index in [1.807, 2.05) is 30.4 Å². The van der Waals surface area contributed by atoms with Crippen LogP contribution in [0.25, 0.3) is 0 Å². The molecule has 0 radical (unpaired) electrons. The minimum atomic E-state index is -0.360. The van der Waals surface area contributed by atoms with E-state index in [-0.39, 0.29) is 23.8 Å². The van der Waals surface area contributed by atoms with Gasteiger partial charge in [-0.05, 0) is 25.5 Å². The van der Waals surface area contributed by atoms with Gasteiger partial charge in [0.05, 0.1) is 11.7 Å². The van der Waals surface area contributed by atoms with Gasteiger partial charge >= 0.3 is 5.97 Å². The van der Waals surface area contributed by atoms with Gasteiger partial charge < -0.3 is 9.47 Å². The summed E-state index contributed by atoms with van der Waals surface area (Å²) in [5.74, 6) is -0.252. The second-order valence-corrected chi connectivity index (χ2v) is 5.30. The van der Waals surface area contributed by atoms with Crippen LogP contribution in [-0.2, 0) is 19.9 Å². The largest absolute Gasteiger partial charge is 0.458 e. The highest BCUT2D eigenvalue weighted by atomic mass is 16.5. The Hall–Kier alpha value is -1.61. The molecule has 0 amide bonds. The van der Waals surface area contributed by atoms with E-state index in [0.717, 1.165) is 5.56 Å². The van der Waals surface area contributed by atoms with Gasteiger partial charge in [0.1, 0.15) is 6.10 Å². The summed E-state index contributed by atoms with van der Waals surface area (Å²) < 4.78 is 11.3. The molecule has 1 aliphatic carbocycles. The fraction of sp³-hybridized carbons (Fsp3) is 0.438. The van der Waals surface area contributed by atoms with Crippen molar-refractivity contribution >= 4 is 5.97 Å². The van der Waals surface area contributed by atoms with Gasteiger partial charge in [-0.15, -0.1) is 0 Å². The molecular formula is C16H20O3.